The van der Waals surface area contributed by atoms with Crippen LogP contribution in [0, 0.1) is 11.7 Å². The number of sulfonamides is 1. The molecule has 0 saturated carbocycles. The Bertz CT molecular complexity index is 872. The van der Waals surface area contributed by atoms with Gasteiger partial charge in [0, 0.05) is 6.20 Å². The predicted octanol–water partition coefficient (Wildman–Crippen LogP) is 3.60. The van der Waals surface area contributed by atoms with Gasteiger partial charge in [0.1, 0.15) is 5.82 Å². The molecule has 0 amide bonds. The molecule has 0 saturated heterocycles. The number of rotatable bonds is 4. The number of nitrogens with two attached hydrogens (primary N) is 1. The second-order valence-corrected chi connectivity index (χ2v) is 7.58. The average molecular weight is 346 g/mol. The molecule has 1 atom stereocenters. The summed E-state index contributed by atoms with van der Waals surface area (Å²) >= 11 is 0. The monoisotopic (exact) mass is 346 g/mol. The van der Waals surface area contributed by atoms with Gasteiger partial charge < -0.3 is 0 Å². The Kier molecular flexibility index (Phi) is 4.51. The third-order valence-corrected chi connectivity index (χ3v) is 5.32. The second-order valence-electron chi connectivity index (χ2n) is 6.08. The standard InChI is InChI=1S/C18H19FN2O2S/c1-2-12-9-16(13-3-6-15(19)7-4-13)17(10-12)14-5-8-18(21-11-14)24(20,22)23/h3-8,11-12H,2,9-10H2,1H3,(H2,20,22,23). The molecule has 1 aromatic carbocycles. The Morgan fingerprint density at radius 2 is 1.67 bits per heavy atom. The van der Waals surface area contributed by atoms with Gasteiger partial charge in [0.15, 0.2) is 5.03 Å². The molecule has 0 bridgehead atoms. The first kappa shape index (κ1) is 16.8. The molecule has 2 N–H and O–H groups in total. The molecule has 0 radical (unpaired) electrons. The molecule has 24 heavy (non-hydrogen) atoms. The number of aromatic nitrogens is 1. The van der Waals surface area contributed by atoms with Gasteiger partial charge in [-0.15, -0.1) is 0 Å². The van der Waals surface area contributed by atoms with Crippen molar-refractivity contribution in [3.05, 3.63) is 59.5 Å². The molecule has 2 aromatic rings. The lowest BCUT2D eigenvalue weighted by atomic mass is 9.98. The van der Waals surface area contributed by atoms with Crippen LogP contribution in [-0.4, -0.2) is 13.4 Å². The van der Waals surface area contributed by atoms with Crippen LogP contribution in [0.25, 0.3) is 11.1 Å². The molecule has 1 unspecified atom stereocenters. The van der Waals surface area contributed by atoms with Crippen molar-refractivity contribution < 1.29 is 12.8 Å². The summed E-state index contributed by atoms with van der Waals surface area (Å²) in [6.45, 7) is 2.15. The highest BCUT2D eigenvalue weighted by Crippen LogP contribution is 2.44. The van der Waals surface area contributed by atoms with Crippen LogP contribution in [0.4, 0.5) is 4.39 Å². The zero-order valence-electron chi connectivity index (χ0n) is 13.4. The summed E-state index contributed by atoms with van der Waals surface area (Å²) in [5, 5.41) is 4.96. The van der Waals surface area contributed by atoms with E-state index in [1.165, 1.54) is 23.8 Å². The number of pyridine rings is 1. The maximum Gasteiger partial charge on any atom is 0.255 e. The first-order valence-corrected chi connectivity index (χ1v) is 9.40. The van der Waals surface area contributed by atoms with E-state index in [1.807, 2.05) is 0 Å². The summed E-state index contributed by atoms with van der Waals surface area (Å²) in [6.07, 6.45) is 4.43. The van der Waals surface area contributed by atoms with Crippen LogP contribution in [0.2, 0.25) is 0 Å². The van der Waals surface area contributed by atoms with Gasteiger partial charge >= 0.3 is 0 Å². The first-order valence-electron chi connectivity index (χ1n) is 7.85. The molecular formula is C18H19FN2O2S. The number of primary sulfonamides is 1. The Balaban J connectivity index is 2.04. The number of nitrogens with zero attached hydrogens (tertiary/aromatic N) is 1. The Labute approximate surface area is 141 Å². The Morgan fingerprint density at radius 3 is 2.17 bits per heavy atom. The molecule has 4 nitrogen and oxygen atoms in total. The van der Waals surface area contributed by atoms with Crippen LogP contribution in [0.3, 0.4) is 0 Å². The topological polar surface area (TPSA) is 73.1 Å². The van der Waals surface area contributed by atoms with Gasteiger partial charge in [0.2, 0.25) is 0 Å². The lowest BCUT2D eigenvalue weighted by Gasteiger charge is -2.08. The van der Waals surface area contributed by atoms with Gasteiger partial charge in [-0.05, 0) is 59.2 Å². The maximum absolute atomic E-state index is 13.2. The van der Waals surface area contributed by atoms with Crippen molar-refractivity contribution in [2.75, 3.05) is 0 Å². The Morgan fingerprint density at radius 1 is 1.08 bits per heavy atom. The smallest absolute Gasteiger partial charge is 0.243 e. The number of halogens is 1. The van der Waals surface area contributed by atoms with E-state index in [0.29, 0.717) is 5.92 Å². The molecular weight excluding hydrogens is 327 g/mol. The second kappa shape index (κ2) is 6.45. The van der Waals surface area contributed by atoms with Crippen molar-refractivity contribution in [3.63, 3.8) is 0 Å². The molecule has 1 aromatic heterocycles. The normalized spacial score (nSPS) is 18.2. The first-order chi connectivity index (χ1) is 11.4. The van der Waals surface area contributed by atoms with E-state index in [2.05, 4.69) is 11.9 Å². The third-order valence-electron chi connectivity index (χ3n) is 4.50. The van der Waals surface area contributed by atoms with Crippen LogP contribution in [0.15, 0.2) is 47.6 Å². The average Bonchev–Trinajstić information content (AvgIpc) is 2.99. The number of hydrogen-bond acceptors (Lipinski definition) is 3. The molecule has 1 aliphatic carbocycles. The van der Waals surface area contributed by atoms with E-state index >= 15 is 0 Å². The minimum absolute atomic E-state index is 0.139. The van der Waals surface area contributed by atoms with Crippen LogP contribution in [0.1, 0.15) is 37.3 Å². The highest BCUT2D eigenvalue weighted by Gasteiger charge is 2.25. The van der Waals surface area contributed by atoms with Crippen LogP contribution in [-0.2, 0) is 10.0 Å². The molecule has 3 rings (SSSR count). The fraction of sp³-hybridized carbons (Fsp3) is 0.278. The fourth-order valence-electron chi connectivity index (χ4n) is 3.15. The number of allylic oxidation sites excluding steroid dienone is 2. The van der Waals surface area contributed by atoms with E-state index in [0.717, 1.165) is 36.0 Å². The van der Waals surface area contributed by atoms with Gasteiger partial charge in [-0.2, -0.15) is 0 Å². The lowest BCUT2D eigenvalue weighted by molar-refractivity contribution is 0.558. The quantitative estimate of drug-likeness (QED) is 0.919. The van der Waals surface area contributed by atoms with E-state index in [9.17, 15) is 12.8 Å². The summed E-state index contributed by atoms with van der Waals surface area (Å²) in [5.74, 6) is 0.267. The Hall–Kier alpha value is -2.05. The summed E-state index contributed by atoms with van der Waals surface area (Å²) in [7, 11) is -3.80. The highest BCUT2D eigenvalue weighted by atomic mass is 32.2. The van der Waals surface area contributed by atoms with Crippen molar-refractivity contribution in [3.8, 4) is 0 Å². The van der Waals surface area contributed by atoms with Gasteiger partial charge in [0.25, 0.3) is 10.0 Å². The lowest BCUT2D eigenvalue weighted by Crippen LogP contribution is -2.13. The van der Waals surface area contributed by atoms with Crippen molar-refractivity contribution in [1.82, 2.24) is 4.98 Å². The minimum atomic E-state index is -3.80. The highest BCUT2D eigenvalue weighted by molar-refractivity contribution is 7.89. The van der Waals surface area contributed by atoms with Crippen LogP contribution < -0.4 is 5.14 Å². The van der Waals surface area contributed by atoms with Gasteiger partial charge in [0.05, 0.1) is 0 Å². The summed E-state index contributed by atoms with van der Waals surface area (Å²) < 4.78 is 35.9. The zero-order valence-corrected chi connectivity index (χ0v) is 14.2. The molecule has 0 fully saturated rings. The fourth-order valence-corrected chi connectivity index (χ4v) is 3.60. The number of benzene rings is 1. The maximum atomic E-state index is 13.2. The third kappa shape index (κ3) is 3.39. The molecule has 1 heterocycles. The molecule has 1 aliphatic rings. The predicted molar refractivity (Wildman–Crippen MR) is 91.8 cm³/mol. The van der Waals surface area contributed by atoms with Crippen molar-refractivity contribution in [1.29, 1.82) is 0 Å². The zero-order chi connectivity index (χ0) is 17.3. The van der Waals surface area contributed by atoms with E-state index < -0.39 is 10.0 Å². The van der Waals surface area contributed by atoms with Gasteiger partial charge in [-0.1, -0.05) is 31.5 Å². The molecule has 6 heteroatoms. The van der Waals surface area contributed by atoms with Crippen molar-refractivity contribution in [2.24, 2.45) is 11.1 Å². The van der Waals surface area contributed by atoms with Gasteiger partial charge in [-0.3, -0.25) is 0 Å². The van der Waals surface area contributed by atoms with Crippen LogP contribution >= 0.6 is 0 Å². The van der Waals surface area contributed by atoms with E-state index in [-0.39, 0.29) is 10.8 Å². The SMILES string of the molecule is CCC1CC(c2ccc(F)cc2)=C(c2ccc(S(N)(=O)=O)nc2)C1. The molecule has 126 valence electrons. The van der Waals surface area contributed by atoms with Crippen molar-refractivity contribution >= 4 is 21.2 Å². The number of hydrogen-bond donors (Lipinski definition) is 1. The van der Waals surface area contributed by atoms with Crippen molar-refractivity contribution in [2.45, 2.75) is 31.2 Å². The van der Waals surface area contributed by atoms with Crippen LogP contribution in [0.5, 0.6) is 0 Å². The largest absolute Gasteiger partial charge is 0.255 e. The summed E-state index contributed by atoms with van der Waals surface area (Å²) in [6, 6.07) is 9.66. The summed E-state index contributed by atoms with van der Waals surface area (Å²) in [4.78, 5) is 3.98. The summed E-state index contributed by atoms with van der Waals surface area (Å²) in [5.41, 5.74) is 4.20. The minimum Gasteiger partial charge on any atom is -0.243 e. The van der Waals surface area contributed by atoms with E-state index in [4.69, 9.17) is 5.14 Å². The van der Waals surface area contributed by atoms with E-state index in [1.54, 1.807) is 24.4 Å². The van der Waals surface area contributed by atoms with Gasteiger partial charge in [-0.25, -0.2) is 22.9 Å². The molecule has 0 spiro atoms. The molecule has 0 aliphatic heterocycles.